The molecule has 0 spiro atoms. The lowest BCUT2D eigenvalue weighted by Crippen LogP contribution is -2.45. The molecule has 114 valence electrons. The number of carboxylic acid groups (broad SMARTS) is 1. The molecule has 2 rings (SSSR count). The first kappa shape index (κ1) is 16.0. The molecule has 0 radical (unpaired) electrons. The summed E-state index contributed by atoms with van der Waals surface area (Å²) in [7, 11) is 0. The number of rotatable bonds is 5. The molecule has 1 fully saturated rings. The highest BCUT2D eigenvalue weighted by Gasteiger charge is 2.26. The van der Waals surface area contributed by atoms with Gasteiger partial charge in [-0.1, -0.05) is 47.3 Å². The highest BCUT2D eigenvalue weighted by Crippen LogP contribution is 2.24. The van der Waals surface area contributed by atoms with Gasteiger partial charge in [0.05, 0.1) is 0 Å². The Kier molecular flexibility index (Phi) is 5.79. The molecule has 1 aliphatic carbocycles. The van der Waals surface area contributed by atoms with Crippen LogP contribution >= 0.6 is 15.9 Å². The Morgan fingerprint density at radius 2 is 1.81 bits per heavy atom. The molecule has 1 saturated carbocycles. The Balaban J connectivity index is 1.96. The highest BCUT2D eigenvalue weighted by atomic mass is 79.9. The summed E-state index contributed by atoms with van der Waals surface area (Å²) >= 11 is 3.35. The first-order chi connectivity index (χ1) is 10.1. The molecule has 0 aromatic heterocycles. The van der Waals surface area contributed by atoms with Crippen LogP contribution in [0.5, 0.6) is 0 Å². The van der Waals surface area contributed by atoms with Crippen molar-refractivity contribution in [1.29, 1.82) is 0 Å². The van der Waals surface area contributed by atoms with Crippen LogP contribution in [0.2, 0.25) is 0 Å². The highest BCUT2D eigenvalue weighted by molar-refractivity contribution is 9.10. The second-order valence-electron chi connectivity index (χ2n) is 5.56. The molecule has 1 aromatic rings. The third kappa shape index (κ3) is 4.84. The van der Waals surface area contributed by atoms with Crippen LogP contribution in [-0.4, -0.2) is 23.0 Å². The van der Waals surface area contributed by atoms with Crippen LogP contribution in [0.4, 0.5) is 0 Å². The van der Waals surface area contributed by atoms with E-state index >= 15 is 0 Å². The first-order valence-corrected chi connectivity index (χ1v) is 8.13. The van der Waals surface area contributed by atoms with Crippen molar-refractivity contribution in [1.82, 2.24) is 5.32 Å². The quantitative estimate of drug-likeness (QED) is 0.854. The number of hydrogen-bond donors (Lipinski definition) is 2. The second-order valence-corrected chi connectivity index (χ2v) is 6.48. The Labute approximate surface area is 133 Å². The van der Waals surface area contributed by atoms with E-state index in [0.717, 1.165) is 35.7 Å². The van der Waals surface area contributed by atoms with Gasteiger partial charge in [0.2, 0.25) is 5.91 Å². The zero-order valence-electron chi connectivity index (χ0n) is 11.8. The number of aliphatic carboxylic acids is 1. The molecule has 0 aliphatic heterocycles. The smallest absolute Gasteiger partial charge is 0.326 e. The van der Waals surface area contributed by atoms with E-state index in [0.29, 0.717) is 6.42 Å². The molecule has 1 amide bonds. The predicted molar refractivity (Wildman–Crippen MR) is 84.0 cm³/mol. The molecule has 0 bridgehead atoms. The molecule has 21 heavy (non-hydrogen) atoms. The minimum Gasteiger partial charge on any atom is -0.480 e. The average Bonchev–Trinajstić information content (AvgIpc) is 2.49. The van der Waals surface area contributed by atoms with Crippen molar-refractivity contribution < 1.29 is 14.7 Å². The lowest BCUT2D eigenvalue weighted by molar-refractivity contribution is -0.142. The molecule has 5 heteroatoms. The number of hydrogen-bond acceptors (Lipinski definition) is 2. The van der Waals surface area contributed by atoms with Crippen LogP contribution < -0.4 is 5.32 Å². The van der Waals surface area contributed by atoms with E-state index in [1.54, 1.807) is 0 Å². The van der Waals surface area contributed by atoms with Gasteiger partial charge >= 0.3 is 5.97 Å². The summed E-state index contributed by atoms with van der Waals surface area (Å²) in [5.41, 5.74) is 0.898. The molecular formula is C16H20BrNO3. The summed E-state index contributed by atoms with van der Waals surface area (Å²) in [4.78, 5) is 23.5. The Hall–Kier alpha value is -1.36. The third-order valence-electron chi connectivity index (χ3n) is 3.94. The lowest BCUT2D eigenvalue weighted by Gasteiger charge is -2.23. The fourth-order valence-corrected chi connectivity index (χ4v) is 2.97. The third-order valence-corrected chi connectivity index (χ3v) is 4.47. The summed E-state index contributed by atoms with van der Waals surface area (Å²) < 4.78 is 0.948. The maximum Gasteiger partial charge on any atom is 0.326 e. The predicted octanol–water partition coefficient (Wildman–Crippen LogP) is 3.14. The van der Waals surface area contributed by atoms with Gasteiger partial charge in [-0.3, -0.25) is 4.79 Å². The topological polar surface area (TPSA) is 66.4 Å². The normalized spacial score (nSPS) is 17.2. The van der Waals surface area contributed by atoms with Gasteiger partial charge in [-0.05, 0) is 30.5 Å². The summed E-state index contributed by atoms with van der Waals surface area (Å²) in [5.74, 6) is -1.12. The van der Waals surface area contributed by atoms with E-state index in [-0.39, 0.29) is 11.8 Å². The van der Waals surface area contributed by atoms with E-state index in [2.05, 4.69) is 21.2 Å². The van der Waals surface area contributed by atoms with Gasteiger partial charge in [0.15, 0.2) is 0 Å². The monoisotopic (exact) mass is 353 g/mol. The molecular weight excluding hydrogens is 334 g/mol. The van der Waals surface area contributed by atoms with Crippen molar-refractivity contribution in [3.8, 4) is 0 Å². The van der Waals surface area contributed by atoms with Crippen molar-refractivity contribution in [3.63, 3.8) is 0 Å². The summed E-state index contributed by atoms with van der Waals surface area (Å²) in [6.45, 7) is 0. The molecule has 1 atom stereocenters. The van der Waals surface area contributed by atoms with E-state index < -0.39 is 12.0 Å². The van der Waals surface area contributed by atoms with Crippen molar-refractivity contribution in [3.05, 3.63) is 34.3 Å². The van der Waals surface area contributed by atoms with Crippen LogP contribution in [0.25, 0.3) is 0 Å². The number of halogens is 1. The van der Waals surface area contributed by atoms with Gasteiger partial charge in [0.1, 0.15) is 6.04 Å². The SMILES string of the molecule is O=C(N[C@@H](Cc1ccc(Br)cc1)C(=O)O)C1CCCCC1. The zero-order chi connectivity index (χ0) is 15.2. The molecule has 1 aromatic carbocycles. The van der Waals surface area contributed by atoms with E-state index in [4.69, 9.17) is 0 Å². The number of benzene rings is 1. The van der Waals surface area contributed by atoms with Crippen molar-refractivity contribution in [2.75, 3.05) is 0 Å². The summed E-state index contributed by atoms with van der Waals surface area (Å²) in [6.07, 6.45) is 5.34. The standard InChI is InChI=1S/C16H20BrNO3/c17-13-8-6-11(7-9-13)10-14(16(20)21)18-15(19)12-4-2-1-3-5-12/h6-9,12,14H,1-5,10H2,(H,18,19)(H,20,21)/t14-/m0/s1. The molecule has 4 nitrogen and oxygen atoms in total. The molecule has 0 saturated heterocycles. The summed E-state index contributed by atoms with van der Waals surface area (Å²) in [6, 6.07) is 6.62. The Morgan fingerprint density at radius 3 is 2.38 bits per heavy atom. The van der Waals surface area contributed by atoms with Crippen molar-refractivity contribution >= 4 is 27.8 Å². The van der Waals surface area contributed by atoms with Crippen LogP contribution in [0.1, 0.15) is 37.7 Å². The van der Waals surface area contributed by atoms with Crippen molar-refractivity contribution in [2.45, 2.75) is 44.6 Å². The first-order valence-electron chi connectivity index (χ1n) is 7.34. The zero-order valence-corrected chi connectivity index (χ0v) is 13.4. The maximum absolute atomic E-state index is 12.2. The van der Waals surface area contributed by atoms with Crippen LogP contribution in [0.3, 0.4) is 0 Å². The number of carbonyl (C=O) groups is 2. The van der Waals surface area contributed by atoms with Gasteiger partial charge in [-0.2, -0.15) is 0 Å². The molecule has 0 heterocycles. The number of carboxylic acids is 1. The Morgan fingerprint density at radius 1 is 1.19 bits per heavy atom. The van der Waals surface area contributed by atoms with Gasteiger partial charge in [0, 0.05) is 16.8 Å². The molecule has 0 unspecified atom stereocenters. The van der Waals surface area contributed by atoms with Gasteiger partial charge < -0.3 is 10.4 Å². The summed E-state index contributed by atoms with van der Waals surface area (Å²) in [5, 5.41) is 12.0. The van der Waals surface area contributed by atoms with Gasteiger partial charge in [-0.15, -0.1) is 0 Å². The van der Waals surface area contributed by atoms with Crippen LogP contribution in [0.15, 0.2) is 28.7 Å². The van der Waals surface area contributed by atoms with E-state index in [9.17, 15) is 14.7 Å². The number of amides is 1. The van der Waals surface area contributed by atoms with Gasteiger partial charge in [0.25, 0.3) is 0 Å². The number of nitrogens with one attached hydrogen (secondary N) is 1. The van der Waals surface area contributed by atoms with Crippen molar-refractivity contribution in [2.24, 2.45) is 5.92 Å². The minimum absolute atomic E-state index is 0.0227. The fraction of sp³-hybridized carbons (Fsp3) is 0.500. The largest absolute Gasteiger partial charge is 0.480 e. The van der Waals surface area contributed by atoms with E-state index in [1.165, 1.54) is 6.42 Å². The number of carbonyl (C=O) groups excluding carboxylic acids is 1. The Bertz CT molecular complexity index is 495. The van der Waals surface area contributed by atoms with Crippen LogP contribution in [0, 0.1) is 5.92 Å². The lowest BCUT2D eigenvalue weighted by atomic mass is 9.88. The maximum atomic E-state index is 12.2. The fourth-order valence-electron chi connectivity index (χ4n) is 2.71. The minimum atomic E-state index is -0.984. The van der Waals surface area contributed by atoms with Crippen LogP contribution in [-0.2, 0) is 16.0 Å². The molecule has 1 aliphatic rings. The molecule has 2 N–H and O–H groups in total. The second kappa shape index (κ2) is 7.59. The average molecular weight is 354 g/mol. The van der Waals surface area contributed by atoms with E-state index in [1.807, 2.05) is 24.3 Å². The van der Waals surface area contributed by atoms with Gasteiger partial charge in [-0.25, -0.2) is 4.79 Å².